The van der Waals surface area contributed by atoms with Crippen molar-refractivity contribution in [2.45, 2.75) is 12.1 Å². The molecular formula is C23H17F3N4OS. The summed E-state index contributed by atoms with van der Waals surface area (Å²) in [7, 11) is 0. The van der Waals surface area contributed by atoms with E-state index in [0.29, 0.717) is 10.8 Å². The van der Waals surface area contributed by atoms with E-state index in [2.05, 4.69) is 15.5 Å². The number of carbonyl (C=O) groups is 1. The molecule has 9 heteroatoms. The minimum Gasteiger partial charge on any atom is -0.323 e. The first-order valence-corrected chi connectivity index (χ1v) is 10.6. The lowest BCUT2D eigenvalue weighted by atomic mass is 10.2. The normalized spacial score (nSPS) is 10.9. The molecule has 3 aromatic carbocycles. The number of nitrogens with one attached hydrogen (secondary N) is 1. The summed E-state index contributed by atoms with van der Waals surface area (Å²) in [6.45, 7) is 1.75. The molecule has 0 aliphatic heterocycles. The third kappa shape index (κ3) is 4.67. The third-order valence-electron chi connectivity index (χ3n) is 4.56. The summed E-state index contributed by atoms with van der Waals surface area (Å²) in [5, 5.41) is 11.0. The Bertz CT molecular complexity index is 1270. The first-order chi connectivity index (χ1) is 15.4. The summed E-state index contributed by atoms with van der Waals surface area (Å²) in [6, 6.07) is 16.1. The molecule has 4 aromatic rings. The number of rotatable bonds is 6. The molecule has 0 aliphatic carbocycles. The Balaban J connectivity index is 1.61. The number of halogens is 3. The molecule has 0 spiro atoms. The molecule has 0 radical (unpaired) electrons. The molecule has 0 saturated carbocycles. The number of carbonyl (C=O) groups excluding carboxylic acids is 1. The Hall–Kier alpha value is -3.59. The highest BCUT2D eigenvalue weighted by Gasteiger charge is 2.20. The van der Waals surface area contributed by atoms with Gasteiger partial charge in [0.25, 0.3) is 0 Å². The van der Waals surface area contributed by atoms with Crippen molar-refractivity contribution in [3.05, 3.63) is 89.7 Å². The lowest BCUT2D eigenvalue weighted by Gasteiger charge is -2.11. The van der Waals surface area contributed by atoms with Gasteiger partial charge in [-0.2, -0.15) is 0 Å². The summed E-state index contributed by atoms with van der Waals surface area (Å²) < 4.78 is 43.4. The smallest absolute Gasteiger partial charge is 0.234 e. The largest absolute Gasteiger partial charge is 0.323 e. The van der Waals surface area contributed by atoms with Crippen LogP contribution < -0.4 is 5.32 Å². The zero-order chi connectivity index (χ0) is 22.7. The predicted molar refractivity (Wildman–Crippen MR) is 117 cm³/mol. The van der Waals surface area contributed by atoms with E-state index in [1.807, 2.05) is 0 Å². The van der Waals surface area contributed by atoms with Crippen LogP contribution in [-0.4, -0.2) is 26.4 Å². The molecule has 0 saturated heterocycles. The van der Waals surface area contributed by atoms with E-state index in [4.69, 9.17) is 0 Å². The van der Waals surface area contributed by atoms with E-state index in [9.17, 15) is 18.0 Å². The number of aromatic nitrogens is 3. The van der Waals surface area contributed by atoms with Gasteiger partial charge < -0.3 is 5.32 Å². The second kappa shape index (κ2) is 9.27. The molecule has 1 aromatic heterocycles. The molecule has 5 nitrogen and oxygen atoms in total. The van der Waals surface area contributed by atoms with Crippen molar-refractivity contribution < 1.29 is 18.0 Å². The summed E-state index contributed by atoms with van der Waals surface area (Å²) in [6.07, 6.45) is 0. The predicted octanol–water partition coefficient (Wildman–Crippen LogP) is 5.39. The Morgan fingerprint density at radius 3 is 2.44 bits per heavy atom. The minimum absolute atomic E-state index is 0.0771. The zero-order valence-corrected chi connectivity index (χ0v) is 17.7. The van der Waals surface area contributed by atoms with Crippen LogP contribution in [0.25, 0.3) is 17.1 Å². The van der Waals surface area contributed by atoms with E-state index in [0.717, 1.165) is 17.3 Å². The fraction of sp³-hybridized carbons (Fsp3) is 0.0870. The van der Waals surface area contributed by atoms with Crippen LogP contribution in [0.15, 0.2) is 71.9 Å². The molecule has 0 unspecified atom stereocenters. The molecule has 0 atom stereocenters. The fourth-order valence-electron chi connectivity index (χ4n) is 3.04. The fourth-order valence-corrected chi connectivity index (χ4v) is 3.79. The van der Waals surface area contributed by atoms with Crippen molar-refractivity contribution in [1.29, 1.82) is 0 Å². The van der Waals surface area contributed by atoms with Gasteiger partial charge in [0.05, 0.1) is 17.0 Å². The van der Waals surface area contributed by atoms with Crippen molar-refractivity contribution in [2.24, 2.45) is 0 Å². The van der Waals surface area contributed by atoms with Crippen LogP contribution >= 0.6 is 11.8 Å². The second-order valence-corrected chi connectivity index (χ2v) is 7.86. The molecule has 4 rings (SSSR count). The van der Waals surface area contributed by atoms with Crippen LogP contribution in [-0.2, 0) is 4.79 Å². The van der Waals surface area contributed by atoms with Gasteiger partial charge in [-0.3, -0.25) is 9.36 Å². The van der Waals surface area contributed by atoms with Gasteiger partial charge >= 0.3 is 0 Å². The van der Waals surface area contributed by atoms with Crippen LogP contribution in [0.2, 0.25) is 0 Å². The van der Waals surface area contributed by atoms with Crippen molar-refractivity contribution >= 4 is 23.4 Å². The van der Waals surface area contributed by atoms with Crippen LogP contribution in [0.1, 0.15) is 5.56 Å². The highest BCUT2D eigenvalue weighted by molar-refractivity contribution is 7.99. The summed E-state index contributed by atoms with van der Waals surface area (Å²) in [5.41, 5.74) is 1.53. The molecule has 1 heterocycles. The lowest BCUT2D eigenvalue weighted by molar-refractivity contribution is -0.113. The summed E-state index contributed by atoms with van der Waals surface area (Å²) in [5.74, 6) is -1.78. The molecule has 1 amide bonds. The van der Waals surface area contributed by atoms with Crippen LogP contribution in [0.4, 0.5) is 18.9 Å². The maximum Gasteiger partial charge on any atom is 0.234 e. The highest BCUT2D eigenvalue weighted by Crippen LogP contribution is 2.29. The Labute approximate surface area is 186 Å². The number of amides is 1. The number of thioether (sulfide) groups is 1. The first-order valence-electron chi connectivity index (χ1n) is 9.57. The molecule has 0 aliphatic rings. The number of anilines is 1. The molecule has 0 bridgehead atoms. The Morgan fingerprint density at radius 1 is 0.969 bits per heavy atom. The third-order valence-corrected chi connectivity index (χ3v) is 5.49. The van der Waals surface area contributed by atoms with Crippen LogP contribution in [0.5, 0.6) is 0 Å². The van der Waals surface area contributed by atoms with E-state index < -0.39 is 23.4 Å². The van der Waals surface area contributed by atoms with Gasteiger partial charge in [-0.1, -0.05) is 30.0 Å². The van der Waals surface area contributed by atoms with Gasteiger partial charge in [0.1, 0.15) is 17.5 Å². The summed E-state index contributed by atoms with van der Waals surface area (Å²) >= 11 is 1.04. The first kappa shape index (κ1) is 21.6. The molecule has 0 fully saturated rings. The van der Waals surface area contributed by atoms with Gasteiger partial charge in [0.2, 0.25) is 5.91 Å². The summed E-state index contributed by atoms with van der Waals surface area (Å²) in [4.78, 5) is 12.4. The molecule has 32 heavy (non-hydrogen) atoms. The number of hydrogen-bond acceptors (Lipinski definition) is 4. The minimum atomic E-state index is -0.528. The average Bonchev–Trinajstić information content (AvgIpc) is 3.19. The molecule has 162 valence electrons. The van der Waals surface area contributed by atoms with Crippen LogP contribution in [0, 0.1) is 24.4 Å². The van der Waals surface area contributed by atoms with E-state index in [1.54, 1.807) is 35.8 Å². The number of benzene rings is 3. The van der Waals surface area contributed by atoms with Crippen molar-refractivity contribution in [3.8, 4) is 17.1 Å². The standard InChI is InChI=1S/C23H17F3N4OS/c1-14-6-11-20(19(26)12-14)27-21(31)13-32-23-29-28-22(17-4-2-3-5-18(17)25)30(23)16-9-7-15(24)8-10-16/h2-12H,13H2,1H3,(H,27,31). The topological polar surface area (TPSA) is 59.8 Å². The van der Waals surface area contributed by atoms with E-state index >= 15 is 0 Å². The van der Waals surface area contributed by atoms with Gasteiger partial charge in [0.15, 0.2) is 11.0 Å². The van der Waals surface area contributed by atoms with Gasteiger partial charge in [-0.15, -0.1) is 10.2 Å². The quantitative estimate of drug-likeness (QED) is 0.397. The maximum atomic E-state index is 14.4. The Kier molecular flexibility index (Phi) is 6.27. The average molecular weight is 454 g/mol. The SMILES string of the molecule is Cc1ccc(NC(=O)CSc2nnc(-c3ccccc3F)n2-c2ccc(F)cc2)c(F)c1. The van der Waals surface area contributed by atoms with E-state index in [-0.39, 0.29) is 22.8 Å². The van der Waals surface area contributed by atoms with Crippen LogP contribution in [0.3, 0.4) is 0 Å². The van der Waals surface area contributed by atoms with Crippen molar-refractivity contribution in [1.82, 2.24) is 14.8 Å². The zero-order valence-electron chi connectivity index (χ0n) is 16.8. The number of aryl methyl sites for hydroxylation is 1. The number of nitrogens with zero attached hydrogens (tertiary/aromatic N) is 3. The van der Waals surface area contributed by atoms with Gasteiger partial charge in [-0.25, -0.2) is 13.2 Å². The number of hydrogen-bond donors (Lipinski definition) is 1. The highest BCUT2D eigenvalue weighted by atomic mass is 32.2. The Morgan fingerprint density at radius 2 is 1.72 bits per heavy atom. The van der Waals surface area contributed by atoms with Crippen molar-refractivity contribution in [2.75, 3.05) is 11.1 Å². The maximum absolute atomic E-state index is 14.4. The molecular weight excluding hydrogens is 437 g/mol. The molecule has 1 N–H and O–H groups in total. The second-order valence-electron chi connectivity index (χ2n) is 6.92. The van der Waals surface area contributed by atoms with Gasteiger partial charge in [0, 0.05) is 5.69 Å². The van der Waals surface area contributed by atoms with Crippen molar-refractivity contribution in [3.63, 3.8) is 0 Å². The van der Waals surface area contributed by atoms with E-state index in [1.165, 1.54) is 42.5 Å². The monoisotopic (exact) mass is 454 g/mol. The lowest BCUT2D eigenvalue weighted by Crippen LogP contribution is -2.15. The van der Waals surface area contributed by atoms with Gasteiger partial charge in [-0.05, 0) is 61.0 Å².